The van der Waals surface area contributed by atoms with Gasteiger partial charge in [0.15, 0.2) is 0 Å². The molecule has 27 heavy (non-hydrogen) atoms. The van der Waals surface area contributed by atoms with Crippen molar-refractivity contribution >= 4 is 23.2 Å². The Kier molecular flexibility index (Phi) is 6.44. The van der Waals surface area contributed by atoms with E-state index in [1.807, 2.05) is 42.5 Å². The molecule has 0 fully saturated rings. The van der Waals surface area contributed by atoms with Crippen LogP contribution < -0.4 is 10.6 Å². The Morgan fingerprint density at radius 3 is 2.67 bits per heavy atom. The minimum Gasteiger partial charge on any atom is -0.380 e. The first kappa shape index (κ1) is 18.9. The van der Waals surface area contributed by atoms with E-state index in [2.05, 4.69) is 34.7 Å². The van der Waals surface area contributed by atoms with Crippen LogP contribution in [0.25, 0.3) is 0 Å². The van der Waals surface area contributed by atoms with Crippen molar-refractivity contribution in [2.75, 3.05) is 11.9 Å². The van der Waals surface area contributed by atoms with Crippen LogP contribution in [0.4, 0.5) is 5.69 Å². The number of benzene rings is 2. The van der Waals surface area contributed by atoms with Crippen LogP contribution >= 0.6 is 11.6 Å². The zero-order valence-corrected chi connectivity index (χ0v) is 16.0. The molecule has 0 bridgehead atoms. The van der Waals surface area contributed by atoms with Crippen LogP contribution in [-0.4, -0.2) is 17.4 Å². The van der Waals surface area contributed by atoms with Crippen molar-refractivity contribution in [1.82, 2.24) is 10.3 Å². The highest BCUT2D eigenvalue weighted by Crippen LogP contribution is 2.12. The molecular formula is C22H22ClN3O. The number of hydrogen-bond acceptors (Lipinski definition) is 3. The molecule has 5 heteroatoms. The van der Waals surface area contributed by atoms with Crippen molar-refractivity contribution in [3.63, 3.8) is 0 Å². The van der Waals surface area contributed by atoms with Gasteiger partial charge in [0.1, 0.15) is 5.69 Å². The zero-order valence-electron chi connectivity index (χ0n) is 15.2. The number of amides is 1. The topological polar surface area (TPSA) is 54.0 Å². The maximum Gasteiger partial charge on any atom is 0.269 e. The van der Waals surface area contributed by atoms with Crippen molar-refractivity contribution < 1.29 is 4.79 Å². The van der Waals surface area contributed by atoms with E-state index in [1.54, 1.807) is 12.3 Å². The second-order valence-electron chi connectivity index (χ2n) is 6.35. The molecule has 3 rings (SSSR count). The third-order valence-electron chi connectivity index (χ3n) is 4.33. The molecule has 1 amide bonds. The summed E-state index contributed by atoms with van der Waals surface area (Å²) in [5.41, 5.74) is 4.86. The van der Waals surface area contributed by atoms with Gasteiger partial charge in [-0.25, -0.2) is 4.98 Å². The quantitative estimate of drug-likeness (QED) is 0.629. The molecule has 2 N–H and O–H groups in total. The highest BCUT2D eigenvalue weighted by Gasteiger charge is 2.07. The minimum absolute atomic E-state index is 0.178. The van der Waals surface area contributed by atoms with E-state index in [9.17, 15) is 4.79 Å². The molecule has 2 aromatic carbocycles. The van der Waals surface area contributed by atoms with E-state index >= 15 is 0 Å². The van der Waals surface area contributed by atoms with Crippen molar-refractivity contribution in [2.45, 2.75) is 19.9 Å². The summed E-state index contributed by atoms with van der Waals surface area (Å²) in [7, 11) is 0. The highest BCUT2D eigenvalue weighted by molar-refractivity contribution is 6.30. The second-order valence-corrected chi connectivity index (χ2v) is 6.78. The summed E-state index contributed by atoms with van der Waals surface area (Å²) in [6.45, 7) is 3.35. The summed E-state index contributed by atoms with van der Waals surface area (Å²) in [5.74, 6) is -0.178. The number of carbonyl (C=O) groups is 1. The third kappa shape index (κ3) is 5.56. The van der Waals surface area contributed by atoms with Crippen LogP contribution in [0.2, 0.25) is 5.02 Å². The number of rotatable bonds is 7. The van der Waals surface area contributed by atoms with E-state index in [-0.39, 0.29) is 5.91 Å². The monoisotopic (exact) mass is 379 g/mol. The molecule has 0 aliphatic carbocycles. The van der Waals surface area contributed by atoms with Crippen LogP contribution in [0.3, 0.4) is 0 Å². The molecule has 0 unspecified atom stereocenters. The van der Waals surface area contributed by atoms with Crippen LogP contribution in [0.1, 0.15) is 27.2 Å². The standard InChI is InChI=1S/C22H22ClN3O/c1-16-5-2-3-7-18(16)14-25-20-9-10-21(26-15-20)22(27)24-12-11-17-6-4-8-19(23)13-17/h2-10,13,15,25H,11-12,14H2,1H3,(H,24,27). The van der Waals surface area contributed by atoms with Gasteiger partial charge < -0.3 is 10.6 Å². The molecule has 138 valence electrons. The number of nitrogens with one attached hydrogen (secondary N) is 2. The smallest absolute Gasteiger partial charge is 0.269 e. The molecule has 3 aromatic rings. The van der Waals surface area contributed by atoms with Crippen LogP contribution in [0, 0.1) is 6.92 Å². The average molecular weight is 380 g/mol. The molecule has 0 radical (unpaired) electrons. The van der Waals surface area contributed by atoms with Gasteiger partial charge in [-0.15, -0.1) is 0 Å². The minimum atomic E-state index is -0.178. The Labute approximate surface area is 164 Å². The van der Waals surface area contributed by atoms with Crippen molar-refractivity contribution in [2.24, 2.45) is 0 Å². The first-order valence-corrected chi connectivity index (χ1v) is 9.27. The third-order valence-corrected chi connectivity index (χ3v) is 4.56. The van der Waals surface area contributed by atoms with Gasteiger partial charge in [0.05, 0.1) is 11.9 Å². The van der Waals surface area contributed by atoms with Crippen LogP contribution in [-0.2, 0) is 13.0 Å². The van der Waals surface area contributed by atoms with Crippen LogP contribution in [0.5, 0.6) is 0 Å². The fraction of sp³-hybridized carbons (Fsp3) is 0.182. The number of anilines is 1. The van der Waals surface area contributed by atoms with Gasteiger partial charge in [0.25, 0.3) is 5.91 Å². The van der Waals surface area contributed by atoms with E-state index in [4.69, 9.17) is 11.6 Å². The van der Waals surface area contributed by atoms with Crippen LogP contribution in [0.15, 0.2) is 66.9 Å². The zero-order chi connectivity index (χ0) is 19.1. The van der Waals surface area contributed by atoms with Gasteiger partial charge in [-0.3, -0.25) is 4.79 Å². The molecule has 4 nitrogen and oxygen atoms in total. The van der Waals surface area contributed by atoms with Gasteiger partial charge >= 0.3 is 0 Å². The summed E-state index contributed by atoms with van der Waals surface area (Å²) < 4.78 is 0. The first-order chi connectivity index (χ1) is 13.1. The fourth-order valence-electron chi connectivity index (χ4n) is 2.74. The van der Waals surface area contributed by atoms with Gasteiger partial charge in [-0.1, -0.05) is 48.0 Å². The Balaban J connectivity index is 1.49. The number of nitrogens with zero attached hydrogens (tertiary/aromatic N) is 1. The first-order valence-electron chi connectivity index (χ1n) is 8.89. The normalized spacial score (nSPS) is 10.4. The van der Waals surface area contributed by atoms with Gasteiger partial charge in [0, 0.05) is 18.1 Å². The molecule has 0 spiro atoms. The maximum absolute atomic E-state index is 12.2. The number of carbonyl (C=O) groups excluding carboxylic acids is 1. The molecular weight excluding hydrogens is 358 g/mol. The predicted molar refractivity (Wildman–Crippen MR) is 110 cm³/mol. The van der Waals surface area contributed by atoms with E-state index < -0.39 is 0 Å². The van der Waals surface area contributed by atoms with Gasteiger partial charge in [0.2, 0.25) is 0 Å². The number of aryl methyl sites for hydroxylation is 1. The Hall–Kier alpha value is -2.85. The summed E-state index contributed by atoms with van der Waals surface area (Å²) in [4.78, 5) is 16.5. The molecule has 1 aromatic heterocycles. The molecule has 0 atom stereocenters. The predicted octanol–water partition coefficient (Wildman–Crippen LogP) is 4.63. The summed E-state index contributed by atoms with van der Waals surface area (Å²) in [5, 5.41) is 6.92. The molecule has 0 saturated heterocycles. The summed E-state index contributed by atoms with van der Waals surface area (Å²) in [6.07, 6.45) is 2.41. The Morgan fingerprint density at radius 1 is 1.07 bits per heavy atom. The Bertz CT molecular complexity index is 909. The number of pyridine rings is 1. The summed E-state index contributed by atoms with van der Waals surface area (Å²) in [6, 6.07) is 19.5. The largest absolute Gasteiger partial charge is 0.380 e. The Morgan fingerprint density at radius 2 is 1.93 bits per heavy atom. The SMILES string of the molecule is Cc1ccccc1CNc1ccc(C(=O)NCCc2cccc(Cl)c2)nc1. The van der Waals surface area contributed by atoms with Gasteiger partial charge in [-0.05, 0) is 54.3 Å². The molecule has 0 aliphatic rings. The van der Waals surface area contributed by atoms with E-state index in [1.165, 1.54) is 11.1 Å². The lowest BCUT2D eigenvalue weighted by molar-refractivity contribution is 0.0949. The number of hydrogen-bond donors (Lipinski definition) is 2. The maximum atomic E-state index is 12.2. The number of aromatic nitrogens is 1. The lowest BCUT2D eigenvalue weighted by Gasteiger charge is -2.09. The lowest BCUT2D eigenvalue weighted by Crippen LogP contribution is -2.26. The van der Waals surface area contributed by atoms with Crippen molar-refractivity contribution in [3.8, 4) is 0 Å². The average Bonchev–Trinajstić information content (AvgIpc) is 2.68. The summed E-state index contributed by atoms with van der Waals surface area (Å²) >= 11 is 5.97. The van der Waals surface area contributed by atoms with Crippen molar-refractivity contribution in [3.05, 3.63) is 94.3 Å². The molecule has 0 aliphatic heterocycles. The van der Waals surface area contributed by atoms with Crippen molar-refractivity contribution in [1.29, 1.82) is 0 Å². The molecule has 0 saturated carbocycles. The number of halogens is 1. The van der Waals surface area contributed by atoms with E-state index in [0.29, 0.717) is 17.3 Å². The molecule has 1 heterocycles. The fourth-order valence-corrected chi connectivity index (χ4v) is 2.95. The lowest BCUT2D eigenvalue weighted by atomic mass is 10.1. The van der Waals surface area contributed by atoms with Gasteiger partial charge in [-0.2, -0.15) is 0 Å². The second kappa shape index (κ2) is 9.19. The van der Waals surface area contributed by atoms with E-state index in [0.717, 1.165) is 24.2 Å². The highest BCUT2D eigenvalue weighted by atomic mass is 35.5.